The SMILES string of the molecule is COc1ccc2cc(CSC(C)C(C)O)c(Cl)nc2c1. The zero-order valence-corrected chi connectivity index (χ0v) is 13.3. The average molecular weight is 312 g/mol. The molecule has 2 atom stereocenters. The van der Waals surface area contributed by atoms with Gasteiger partial charge in [-0.25, -0.2) is 4.98 Å². The van der Waals surface area contributed by atoms with Crippen molar-refractivity contribution >= 4 is 34.3 Å². The van der Waals surface area contributed by atoms with E-state index in [2.05, 4.69) is 4.98 Å². The summed E-state index contributed by atoms with van der Waals surface area (Å²) in [5.41, 5.74) is 1.81. The molecule has 0 aliphatic heterocycles. The maximum Gasteiger partial charge on any atom is 0.133 e. The minimum Gasteiger partial charge on any atom is -0.497 e. The molecule has 0 aliphatic carbocycles. The van der Waals surface area contributed by atoms with E-state index in [0.717, 1.165) is 28.0 Å². The molecule has 1 aromatic carbocycles. The van der Waals surface area contributed by atoms with E-state index in [1.54, 1.807) is 25.8 Å². The molecular weight excluding hydrogens is 294 g/mol. The van der Waals surface area contributed by atoms with Crippen LogP contribution in [-0.4, -0.2) is 28.6 Å². The fourth-order valence-electron chi connectivity index (χ4n) is 1.76. The molecule has 1 heterocycles. The topological polar surface area (TPSA) is 42.4 Å². The number of hydrogen-bond acceptors (Lipinski definition) is 4. The van der Waals surface area contributed by atoms with E-state index >= 15 is 0 Å². The highest BCUT2D eigenvalue weighted by Crippen LogP contribution is 2.28. The van der Waals surface area contributed by atoms with Crippen LogP contribution >= 0.6 is 23.4 Å². The quantitative estimate of drug-likeness (QED) is 0.850. The van der Waals surface area contributed by atoms with Crippen molar-refractivity contribution in [1.82, 2.24) is 4.98 Å². The third-order valence-corrected chi connectivity index (χ3v) is 4.96. The molecule has 0 radical (unpaired) electrons. The Hall–Kier alpha value is -0.970. The molecule has 1 N–H and O–H groups in total. The lowest BCUT2D eigenvalue weighted by atomic mass is 10.1. The van der Waals surface area contributed by atoms with Gasteiger partial charge in [0.1, 0.15) is 10.9 Å². The Labute approximate surface area is 128 Å². The minimum atomic E-state index is -0.337. The molecule has 2 rings (SSSR count). The minimum absolute atomic E-state index is 0.164. The third kappa shape index (κ3) is 3.57. The number of hydrogen-bond donors (Lipinski definition) is 1. The number of halogens is 1. The summed E-state index contributed by atoms with van der Waals surface area (Å²) in [7, 11) is 1.63. The maximum atomic E-state index is 9.51. The zero-order valence-electron chi connectivity index (χ0n) is 11.8. The number of rotatable bonds is 5. The van der Waals surface area contributed by atoms with E-state index < -0.39 is 0 Å². The van der Waals surface area contributed by atoms with Gasteiger partial charge in [0.2, 0.25) is 0 Å². The first-order chi connectivity index (χ1) is 9.51. The van der Waals surface area contributed by atoms with Crippen molar-refractivity contribution in [2.24, 2.45) is 0 Å². The largest absolute Gasteiger partial charge is 0.497 e. The van der Waals surface area contributed by atoms with Crippen molar-refractivity contribution in [1.29, 1.82) is 0 Å². The van der Waals surface area contributed by atoms with E-state index in [1.807, 2.05) is 31.2 Å². The Morgan fingerprint density at radius 2 is 2.10 bits per heavy atom. The van der Waals surface area contributed by atoms with Crippen molar-refractivity contribution < 1.29 is 9.84 Å². The fraction of sp³-hybridized carbons (Fsp3) is 0.400. The Morgan fingerprint density at radius 3 is 2.75 bits per heavy atom. The van der Waals surface area contributed by atoms with Gasteiger partial charge in [-0.05, 0) is 25.1 Å². The number of pyridine rings is 1. The Balaban J connectivity index is 2.24. The van der Waals surface area contributed by atoms with Crippen molar-refractivity contribution in [3.05, 3.63) is 35.0 Å². The lowest BCUT2D eigenvalue weighted by Crippen LogP contribution is -2.15. The monoisotopic (exact) mass is 311 g/mol. The Morgan fingerprint density at radius 1 is 1.35 bits per heavy atom. The predicted molar refractivity (Wildman–Crippen MR) is 85.7 cm³/mol. The third-order valence-electron chi connectivity index (χ3n) is 3.23. The molecule has 0 amide bonds. The van der Waals surface area contributed by atoms with Crippen LogP contribution < -0.4 is 4.74 Å². The van der Waals surface area contributed by atoms with Crippen LogP contribution in [0.5, 0.6) is 5.75 Å². The molecule has 5 heteroatoms. The molecule has 108 valence electrons. The van der Waals surface area contributed by atoms with Gasteiger partial charge in [-0.2, -0.15) is 11.8 Å². The van der Waals surface area contributed by atoms with Crippen LogP contribution in [0.1, 0.15) is 19.4 Å². The first kappa shape index (κ1) is 15.4. The van der Waals surface area contributed by atoms with Crippen molar-refractivity contribution in [3.63, 3.8) is 0 Å². The summed E-state index contributed by atoms with van der Waals surface area (Å²) in [4.78, 5) is 4.42. The van der Waals surface area contributed by atoms with Crippen LogP contribution in [0.15, 0.2) is 24.3 Å². The Kier molecular flexibility index (Phi) is 5.13. The van der Waals surface area contributed by atoms with Gasteiger partial charge in [-0.15, -0.1) is 0 Å². The normalized spacial score (nSPS) is 14.2. The smallest absolute Gasteiger partial charge is 0.133 e. The van der Waals surface area contributed by atoms with Crippen LogP contribution in [0.2, 0.25) is 5.15 Å². The second-order valence-electron chi connectivity index (χ2n) is 4.75. The first-order valence-electron chi connectivity index (χ1n) is 6.44. The number of ether oxygens (including phenoxy) is 1. The summed E-state index contributed by atoms with van der Waals surface area (Å²) in [6, 6.07) is 7.81. The van der Waals surface area contributed by atoms with Crippen LogP contribution in [0.25, 0.3) is 10.9 Å². The number of nitrogens with zero attached hydrogens (tertiary/aromatic N) is 1. The second-order valence-corrected chi connectivity index (χ2v) is 6.48. The molecule has 2 aromatic rings. The van der Waals surface area contributed by atoms with Crippen molar-refractivity contribution in [2.75, 3.05) is 7.11 Å². The van der Waals surface area contributed by atoms with Gasteiger partial charge in [0, 0.05) is 28.0 Å². The van der Waals surface area contributed by atoms with E-state index in [-0.39, 0.29) is 11.4 Å². The van der Waals surface area contributed by atoms with Crippen LogP contribution in [0.4, 0.5) is 0 Å². The number of aliphatic hydroxyl groups is 1. The van der Waals surface area contributed by atoms with Gasteiger partial charge in [0.15, 0.2) is 0 Å². The maximum absolute atomic E-state index is 9.51. The highest BCUT2D eigenvalue weighted by Gasteiger charge is 2.12. The van der Waals surface area contributed by atoms with Gasteiger partial charge in [0.05, 0.1) is 18.7 Å². The first-order valence-corrected chi connectivity index (χ1v) is 7.86. The number of thioether (sulfide) groups is 1. The van der Waals surface area contributed by atoms with Gasteiger partial charge >= 0.3 is 0 Å². The lowest BCUT2D eigenvalue weighted by Gasteiger charge is -2.14. The van der Waals surface area contributed by atoms with Crippen LogP contribution in [0, 0.1) is 0 Å². The van der Waals surface area contributed by atoms with E-state index in [9.17, 15) is 5.11 Å². The fourth-order valence-corrected chi connectivity index (χ4v) is 2.99. The molecule has 1 aromatic heterocycles. The van der Waals surface area contributed by atoms with E-state index in [0.29, 0.717) is 5.15 Å². The number of aromatic nitrogens is 1. The number of methoxy groups -OCH3 is 1. The summed E-state index contributed by atoms with van der Waals surface area (Å²) >= 11 is 7.90. The van der Waals surface area contributed by atoms with Crippen LogP contribution in [0.3, 0.4) is 0 Å². The van der Waals surface area contributed by atoms with Gasteiger partial charge < -0.3 is 9.84 Å². The lowest BCUT2D eigenvalue weighted by molar-refractivity contribution is 0.196. The predicted octanol–water partition coefficient (Wildman–Crippen LogP) is 3.90. The summed E-state index contributed by atoms with van der Waals surface area (Å²) in [6.07, 6.45) is -0.337. The molecule has 2 unspecified atom stereocenters. The standard InChI is InChI=1S/C15H18ClNO2S/c1-9(18)10(2)20-8-12-6-11-4-5-13(19-3)7-14(11)17-15(12)16/h4-7,9-10,18H,8H2,1-3H3. The van der Waals surface area contributed by atoms with Crippen LogP contribution in [-0.2, 0) is 5.75 Å². The number of aliphatic hydroxyl groups excluding tert-OH is 1. The molecule has 20 heavy (non-hydrogen) atoms. The van der Waals surface area contributed by atoms with E-state index in [1.165, 1.54) is 0 Å². The van der Waals surface area contributed by atoms with Gasteiger partial charge in [0.25, 0.3) is 0 Å². The molecule has 0 fully saturated rings. The molecule has 0 aliphatic rings. The molecule has 3 nitrogen and oxygen atoms in total. The molecule has 0 bridgehead atoms. The summed E-state index contributed by atoms with van der Waals surface area (Å²) in [6.45, 7) is 3.80. The van der Waals surface area contributed by atoms with Crippen molar-refractivity contribution in [2.45, 2.75) is 31.0 Å². The molecule has 0 spiro atoms. The summed E-state index contributed by atoms with van der Waals surface area (Å²) in [5.74, 6) is 1.51. The van der Waals surface area contributed by atoms with Gasteiger partial charge in [-0.3, -0.25) is 0 Å². The van der Waals surface area contributed by atoms with Gasteiger partial charge in [-0.1, -0.05) is 18.5 Å². The molecule has 0 saturated heterocycles. The summed E-state index contributed by atoms with van der Waals surface area (Å²) < 4.78 is 5.18. The second kappa shape index (κ2) is 6.66. The molecular formula is C15H18ClNO2S. The Bertz CT molecular complexity index is 604. The molecule has 0 saturated carbocycles. The summed E-state index contributed by atoms with van der Waals surface area (Å²) in [5, 5.41) is 11.2. The highest BCUT2D eigenvalue weighted by atomic mass is 35.5. The highest BCUT2D eigenvalue weighted by molar-refractivity contribution is 7.99. The average Bonchev–Trinajstić information content (AvgIpc) is 2.43. The van der Waals surface area contributed by atoms with Crippen molar-refractivity contribution in [3.8, 4) is 5.75 Å². The zero-order chi connectivity index (χ0) is 14.7. The number of benzene rings is 1. The number of fused-ring (bicyclic) bond motifs is 1. The van der Waals surface area contributed by atoms with E-state index in [4.69, 9.17) is 16.3 Å².